The van der Waals surface area contributed by atoms with Crippen LogP contribution >= 0.6 is 15.9 Å². The first-order valence-corrected chi connectivity index (χ1v) is 7.08. The van der Waals surface area contributed by atoms with E-state index in [-0.39, 0.29) is 29.0 Å². The summed E-state index contributed by atoms with van der Waals surface area (Å²) in [6, 6.07) is 1.73. The molecule has 0 aliphatic carbocycles. The Balaban J connectivity index is 2.58. The van der Waals surface area contributed by atoms with Crippen LogP contribution in [0.3, 0.4) is 0 Å². The van der Waals surface area contributed by atoms with Gasteiger partial charge in [-0.2, -0.15) is 0 Å². The highest BCUT2D eigenvalue weighted by Crippen LogP contribution is 2.29. The highest BCUT2D eigenvalue weighted by Gasteiger charge is 2.11. The molecule has 0 radical (unpaired) electrons. The normalized spacial score (nSPS) is 11.5. The molecule has 2 N–H and O–H groups in total. The lowest BCUT2D eigenvalue weighted by Gasteiger charge is -2.08. The van der Waals surface area contributed by atoms with Crippen molar-refractivity contribution in [3.05, 3.63) is 28.2 Å². The van der Waals surface area contributed by atoms with Crippen LogP contribution in [0.15, 0.2) is 16.6 Å². The third-order valence-electron chi connectivity index (χ3n) is 1.78. The molecule has 0 unspecified atom stereocenters. The number of ether oxygens (including phenoxy) is 1. The number of rotatable bonds is 5. The Bertz CT molecular complexity index is 484. The molecule has 96 valence electrons. The third-order valence-corrected chi connectivity index (χ3v) is 3.23. The second kappa shape index (κ2) is 5.74. The zero-order valence-electron chi connectivity index (χ0n) is 8.62. The van der Waals surface area contributed by atoms with E-state index in [0.29, 0.717) is 6.07 Å². The molecule has 17 heavy (non-hydrogen) atoms. The predicted molar refractivity (Wildman–Crippen MR) is 62.1 cm³/mol. The standard InChI is InChI=1S/C9H10BrF2NO3S/c10-7-4-6(11)5-8(12)9(7)16-2-1-3-17(13,14)15/h4-5H,1-3H2,(H2,13,14,15). The van der Waals surface area contributed by atoms with Gasteiger partial charge in [0.1, 0.15) is 5.82 Å². The van der Waals surface area contributed by atoms with Crippen molar-refractivity contribution in [3.63, 3.8) is 0 Å². The number of nitrogens with two attached hydrogens (primary N) is 1. The minimum Gasteiger partial charge on any atom is -0.489 e. The molecule has 0 bridgehead atoms. The van der Waals surface area contributed by atoms with E-state index < -0.39 is 21.7 Å². The summed E-state index contributed by atoms with van der Waals surface area (Å²) in [6.45, 7) is -0.0302. The summed E-state index contributed by atoms with van der Waals surface area (Å²) < 4.78 is 52.3. The summed E-state index contributed by atoms with van der Waals surface area (Å²) in [7, 11) is -3.55. The van der Waals surface area contributed by atoms with Crippen LogP contribution in [0.5, 0.6) is 5.75 Å². The smallest absolute Gasteiger partial charge is 0.209 e. The average molecular weight is 330 g/mol. The fourth-order valence-corrected chi connectivity index (χ4v) is 2.14. The van der Waals surface area contributed by atoms with Gasteiger partial charge in [0, 0.05) is 6.07 Å². The Hall–Kier alpha value is -0.730. The van der Waals surface area contributed by atoms with Gasteiger partial charge in [-0.1, -0.05) is 0 Å². The lowest BCUT2D eigenvalue weighted by Crippen LogP contribution is -2.18. The summed E-state index contributed by atoms with van der Waals surface area (Å²) in [4.78, 5) is 0. The fourth-order valence-electron chi connectivity index (χ4n) is 1.10. The quantitative estimate of drug-likeness (QED) is 0.837. The van der Waals surface area contributed by atoms with Crippen LogP contribution in [0.1, 0.15) is 6.42 Å². The van der Waals surface area contributed by atoms with E-state index in [1.165, 1.54) is 0 Å². The molecule has 0 amide bonds. The first-order chi connectivity index (χ1) is 7.79. The van der Waals surface area contributed by atoms with Gasteiger partial charge in [-0.25, -0.2) is 22.3 Å². The summed E-state index contributed by atoms with van der Waals surface area (Å²) in [6.07, 6.45) is 0.127. The van der Waals surface area contributed by atoms with Crippen molar-refractivity contribution in [2.24, 2.45) is 5.14 Å². The topological polar surface area (TPSA) is 69.4 Å². The van der Waals surface area contributed by atoms with Crippen molar-refractivity contribution in [2.75, 3.05) is 12.4 Å². The van der Waals surface area contributed by atoms with E-state index >= 15 is 0 Å². The van der Waals surface area contributed by atoms with Crippen LogP contribution in [-0.2, 0) is 10.0 Å². The second-order valence-electron chi connectivity index (χ2n) is 3.27. The van der Waals surface area contributed by atoms with Gasteiger partial charge in [0.15, 0.2) is 11.6 Å². The largest absolute Gasteiger partial charge is 0.489 e. The van der Waals surface area contributed by atoms with E-state index in [9.17, 15) is 17.2 Å². The molecule has 4 nitrogen and oxygen atoms in total. The molecule has 0 aromatic heterocycles. The molecule has 0 heterocycles. The van der Waals surface area contributed by atoms with Crippen LogP contribution in [0.25, 0.3) is 0 Å². The predicted octanol–water partition coefficient (Wildman–Crippen LogP) is 1.78. The highest BCUT2D eigenvalue weighted by atomic mass is 79.9. The van der Waals surface area contributed by atoms with Crippen LogP contribution in [0.2, 0.25) is 0 Å². The first kappa shape index (κ1) is 14.3. The molecule has 0 aliphatic rings. The first-order valence-electron chi connectivity index (χ1n) is 4.57. The van der Waals surface area contributed by atoms with Crippen LogP contribution < -0.4 is 9.88 Å². The molecule has 0 spiro atoms. The lowest BCUT2D eigenvalue weighted by molar-refractivity contribution is 0.298. The summed E-state index contributed by atoms with van der Waals surface area (Å²) in [5.41, 5.74) is 0. The van der Waals surface area contributed by atoms with Crippen molar-refractivity contribution in [3.8, 4) is 5.75 Å². The molecule has 1 aromatic carbocycles. The van der Waals surface area contributed by atoms with Gasteiger partial charge in [0.05, 0.1) is 16.8 Å². The van der Waals surface area contributed by atoms with Crippen molar-refractivity contribution < 1.29 is 21.9 Å². The molecule has 1 rings (SSSR count). The maximum atomic E-state index is 13.2. The highest BCUT2D eigenvalue weighted by molar-refractivity contribution is 9.10. The van der Waals surface area contributed by atoms with Crippen molar-refractivity contribution >= 4 is 26.0 Å². The molecule has 0 atom stereocenters. The fraction of sp³-hybridized carbons (Fsp3) is 0.333. The lowest BCUT2D eigenvalue weighted by atomic mass is 10.3. The van der Waals surface area contributed by atoms with E-state index in [1.807, 2.05) is 0 Å². The minimum atomic E-state index is -3.55. The van der Waals surface area contributed by atoms with Crippen LogP contribution in [-0.4, -0.2) is 20.8 Å². The Morgan fingerprint density at radius 1 is 1.35 bits per heavy atom. The zero-order valence-corrected chi connectivity index (χ0v) is 11.0. The van der Waals surface area contributed by atoms with E-state index in [1.54, 1.807) is 0 Å². The number of hydrogen-bond donors (Lipinski definition) is 1. The van der Waals surface area contributed by atoms with Gasteiger partial charge >= 0.3 is 0 Å². The van der Waals surface area contributed by atoms with Gasteiger partial charge in [-0.05, 0) is 28.4 Å². The summed E-state index contributed by atoms with van der Waals surface area (Å²) >= 11 is 2.94. The van der Waals surface area contributed by atoms with Crippen LogP contribution in [0, 0.1) is 11.6 Å². The van der Waals surface area contributed by atoms with Gasteiger partial charge in [0.25, 0.3) is 0 Å². The Kier molecular flexibility index (Phi) is 4.84. The molecular formula is C9H10BrF2NO3S. The molecular weight excluding hydrogens is 320 g/mol. The number of sulfonamides is 1. The van der Waals surface area contributed by atoms with Crippen molar-refractivity contribution in [2.45, 2.75) is 6.42 Å². The maximum Gasteiger partial charge on any atom is 0.209 e. The maximum absolute atomic E-state index is 13.2. The van der Waals surface area contributed by atoms with E-state index in [4.69, 9.17) is 9.88 Å². The molecule has 1 aromatic rings. The molecule has 8 heteroatoms. The van der Waals surface area contributed by atoms with Gasteiger partial charge in [-0.15, -0.1) is 0 Å². The Morgan fingerprint density at radius 2 is 2.00 bits per heavy atom. The van der Waals surface area contributed by atoms with Gasteiger partial charge in [-0.3, -0.25) is 0 Å². The van der Waals surface area contributed by atoms with E-state index in [0.717, 1.165) is 6.07 Å². The summed E-state index contributed by atoms with van der Waals surface area (Å²) in [5.74, 6) is -1.99. The Labute approximate surface area is 106 Å². The van der Waals surface area contributed by atoms with Crippen molar-refractivity contribution in [1.82, 2.24) is 0 Å². The SMILES string of the molecule is NS(=O)(=O)CCCOc1c(F)cc(F)cc1Br. The minimum absolute atomic E-state index is 0.0302. The number of halogens is 3. The monoisotopic (exact) mass is 329 g/mol. The Morgan fingerprint density at radius 3 is 2.53 bits per heavy atom. The second-order valence-corrected chi connectivity index (χ2v) is 5.86. The van der Waals surface area contributed by atoms with E-state index in [2.05, 4.69) is 15.9 Å². The van der Waals surface area contributed by atoms with Crippen LogP contribution in [0.4, 0.5) is 8.78 Å². The zero-order chi connectivity index (χ0) is 13.1. The van der Waals surface area contributed by atoms with Crippen molar-refractivity contribution in [1.29, 1.82) is 0 Å². The molecule has 0 saturated carbocycles. The average Bonchev–Trinajstić information content (AvgIpc) is 2.13. The number of hydrogen-bond acceptors (Lipinski definition) is 3. The molecule has 0 fully saturated rings. The van der Waals surface area contributed by atoms with Gasteiger partial charge < -0.3 is 4.74 Å². The third kappa shape index (κ3) is 4.97. The number of primary sulfonamides is 1. The molecule has 0 saturated heterocycles. The van der Waals surface area contributed by atoms with Gasteiger partial charge in [0.2, 0.25) is 10.0 Å². The number of benzene rings is 1. The molecule has 0 aliphatic heterocycles. The summed E-state index contributed by atoms with van der Waals surface area (Å²) in [5, 5.41) is 4.78.